The number of aromatic nitrogens is 2. The Morgan fingerprint density at radius 3 is 2.50 bits per heavy atom. The molecule has 4 rings (SSSR count). The van der Waals surface area contributed by atoms with Gasteiger partial charge in [0.05, 0.1) is 5.69 Å². The second-order valence-corrected chi connectivity index (χ2v) is 6.55. The molecular weight excluding hydrogens is 302 g/mol. The van der Waals surface area contributed by atoms with Crippen molar-refractivity contribution in [3.05, 3.63) is 51.4 Å². The van der Waals surface area contributed by atoms with Gasteiger partial charge in [-0.05, 0) is 32.0 Å². The molecule has 0 aliphatic carbocycles. The molecule has 1 saturated heterocycles. The second-order valence-electron chi connectivity index (χ2n) is 6.55. The summed E-state index contributed by atoms with van der Waals surface area (Å²) in [4.78, 5) is 24.5. The molecule has 2 N–H and O–H groups in total. The molecule has 0 bridgehead atoms. The van der Waals surface area contributed by atoms with E-state index in [0.717, 1.165) is 50.4 Å². The van der Waals surface area contributed by atoms with Gasteiger partial charge >= 0.3 is 0 Å². The Morgan fingerprint density at radius 1 is 1.04 bits per heavy atom. The smallest absolute Gasteiger partial charge is 0.255 e. The number of aryl methyl sites for hydroxylation is 1. The molecule has 1 aromatic carbocycles. The molecule has 0 atom stereocenters. The summed E-state index contributed by atoms with van der Waals surface area (Å²) in [6.07, 6.45) is 0.763. The highest BCUT2D eigenvalue weighted by atomic mass is 16.1. The molecule has 2 aliphatic rings. The first-order chi connectivity index (χ1) is 11.7. The molecule has 0 spiro atoms. The van der Waals surface area contributed by atoms with Crippen molar-refractivity contribution in [1.82, 2.24) is 15.3 Å². The highest BCUT2D eigenvalue weighted by Gasteiger charge is 2.22. The molecule has 2 aromatic rings. The van der Waals surface area contributed by atoms with Crippen molar-refractivity contribution >= 4 is 11.6 Å². The Labute approximate surface area is 141 Å². The third kappa shape index (κ3) is 2.89. The minimum Gasteiger partial charge on any atom is -0.368 e. The maximum Gasteiger partial charge on any atom is 0.255 e. The van der Waals surface area contributed by atoms with Gasteiger partial charge in [-0.15, -0.1) is 0 Å². The highest BCUT2D eigenvalue weighted by Crippen LogP contribution is 2.19. The van der Waals surface area contributed by atoms with Crippen LogP contribution in [0.2, 0.25) is 0 Å². The standard InChI is InChI=1S/C18H23N5O/c1-13-2-4-14(5-3-13)22-8-10-23(11-9-22)18-20-16-12-19-7-6-15(16)17(24)21-18/h2-5,19H,6-12H2,1H3,(H,20,21,24). The van der Waals surface area contributed by atoms with Gasteiger partial charge in [0, 0.05) is 44.0 Å². The van der Waals surface area contributed by atoms with Gasteiger partial charge in [0.25, 0.3) is 5.56 Å². The van der Waals surface area contributed by atoms with Gasteiger partial charge in [-0.2, -0.15) is 0 Å². The van der Waals surface area contributed by atoms with E-state index >= 15 is 0 Å². The number of hydrogen-bond donors (Lipinski definition) is 2. The molecule has 0 saturated carbocycles. The van der Waals surface area contributed by atoms with Crippen LogP contribution >= 0.6 is 0 Å². The van der Waals surface area contributed by atoms with Gasteiger partial charge in [-0.3, -0.25) is 9.78 Å². The number of anilines is 2. The van der Waals surface area contributed by atoms with E-state index in [2.05, 4.69) is 51.3 Å². The maximum absolute atomic E-state index is 12.3. The van der Waals surface area contributed by atoms with Crippen molar-refractivity contribution < 1.29 is 0 Å². The van der Waals surface area contributed by atoms with Gasteiger partial charge < -0.3 is 15.1 Å². The topological polar surface area (TPSA) is 64.3 Å². The van der Waals surface area contributed by atoms with Crippen molar-refractivity contribution in [3.63, 3.8) is 0 Å². The number of nitrogens with zero attached hydrogens (tertiary/aromatic N) is 3. The second kappa shape index (κ2) is 6.28. The normalized spacial score (nSPS) is 17.7. The van der Waals surface area contributed by atoms with E-state index in [1.54, 1.807) is 0 Å². The SMILES string of the molecule is Cc1ccc(N2CCN(c3nc4c(c(=O)[nH]3)CCNC4)CC2)cc1. The van der Waals surface area contributed by atoms with Crippen LogP contribution in [-0.4, -0.2) is 42.7 Å². The Kier molecular flexibility index (Phi) is 3.98. The molecule has 0 amide bonds. The van der Waals surface area contributed by atoms with Gasteiger partial charge in [0.1, 0.15) is 0 Å². The third-order valence-electron chi connectivity index (χ3n) is 4.91. The fraction of sp³-hybridized carbons (Fsp3) is 0.444. The Bertz CT molecular complexity index is 775. The van der Waals surface area contributed by atoms with E-state index in [1.807, 2.05) is 0 Å². The summed E-state index contributed by atoms with van der Waals surface area (Å²) < 4.78 is 0. The zero-order valence-corrected chi connectivity index (χ0v) is 14.0. The van der Waals surface area contributed by atoms with Crippen molar-refractivity contribution in [1.29, 1.82) is 0 Å². The molecule has 0 unspecified atom stereocenters. The summed E-state index contributed by atoms with van der Waals surface area (Å²) in [5.41, 5.74) is 4.31. The number of benzene rings is 1. The van der Waals surface area contributed by atoms with Crippen LogP contribution in [0.15, 0.2) is 29.1 Å². The Morgan fingerprint density at radius 2 is 1.75 bits per heavy atom. The van der Waals surface area contributed by atoms with Crippen LogP contribution < -0.4 is 20.7 Å². The fourth-order valence-corrected chi connectivity index (χ4v) is 3.44. The molecule has 0 radical (unpaired) electrons. The summed E-state index contributed by atoms with van der Waals surface area (Å²) in [5.74, 6) is 0.714. The van der Waals surface area contributed by atoms with E-state index in [0.29, 0.717) is 12.5 Å². The fourth-order valence-electron chi connectivity index (χ4n) is 3.44. The summed E-state index contributed by atoms with van der Waals surface area (Å²) in [7, 11) is 0. The number of hydrogen-bond acceptors (Lipinski definition) is 5. The van der Waals surface area contributed by atoms with E-state index in [9.17, 15) is 4.79 Å². The Balaban J connectivity index is 1.49. The number of aromatic amines is 1. The third-order valence-corrected chi connectivity index (χ3v) is 4.91. The number of H-pyrrole nitrogens is 1. The molecule has 2 aliphatic heterocycles. The molecule has 6 nitrogen and oxygen atoms in total. The molecule has 126 valence electrons. The van der Waals surface area contributed by atoms with Crippen molar-refractivity contribution in [2.24, 2.45) is 0 Å². The molecule has 1 aromatic heterocycles. The van der Waals surface area contributed by atoms with Gasteiger partial charge in [0.15, 0.2) is 0 Å². The predicted molar refractivity (Wildman–Crippen MR) is 95.9 cm³/mol. The summed E-state index contributed by atoms with van der Waals surface area (Å²) in [6, 6.07) is 8.65. The van der Waals surface area contributed by atoms with Crippen LogP contribution in [0.3, 0.4) is 0 Å². The lowest BCUT2D eigenvalue weighted by Crippen LogP contribution is -2.48. The predicted octanol–water partition coefficient (Wildman–Crippen LogP) is 1.05. The van der Waals surface area contributed by atoms with Gasteiger partial charge in [-0.25, -0.2) is 4.98 Å². The highest BCUT2D eigenvalue weighted by molar-refractivity contribution is 5.49. The van der Waals surface area contributed by atoms with E-state index < -0.39 is 0 Å². The number of fused-ring (bicyclic) bond motifs is 1. The van der Waals surface area contributed by atoms with Crippen LogP contribution in [0.25, 0.3) is 0 Å². The van der Waals surface area contributed by atoms with Crippen LogP contribution in [-0.2, 0) is 13.0 Å². The zero-order valence-electron chi connectivity index (χ0n) is 14.0. The molecule has 3 heterocycles. The van der Waals surface area contributed by atoms with E-state index in [-0.39, 0.29) is 5.56 Å². The van der Waals surface area contributed by atoms with Crippen molar-refractivity contribution in [2.75, 3.05) is 42.5 Å². The lowest BCUT2D eigenvalue weighted by atomic mass is 10.1. The summed E-state index contributed by atoms with van der Waals surface area (Å²) in [6.45, 7) is 7.24. The number of rotatable bonds is 2. The number of piperazine rings is 1. The summed E-state index contributed by atoms with van der Waals surface area (Å²) >= 11 is 0. The monoisotopic (exact) mass is 325 g/mol. The van der Waals surface area contributed by atoms with Gasteiger partial charge in [0.2, 0.25) is 5.95 Å². The van der Waals surface area contributed by atoms with Crippen LogP contribution in [0, 0.1) is 6.92 Å². The quantitative estimate of drug-likeness (QED) is 0.864. The van der Waals surface area contributed by atoms with Crippen molar-refractivity contribution in [2.45, 2.75) is 19.9 Å². The maximum atomic E-state index is 12.3. The van der Waals surface area contributed by atoms with Gasteiger partial charge in [-0.1, -0.05) is 17.7 Å². The molecule has 1 fully saturated rings. The average Bonchev–Trinajstić information content (AvgIpc) is 2.62. The Hall–Kier alpha value is -2.34. The number of nitrogens with one attached hydrogen (secondary N) is 2. The largest absolute Gasteiger partial charge is 0.368 e. The first-order valence-corrected chi connectivity index (χ1v) is 8.60. The first-order valence-electron chi connectivity index (χ1n) is 8.60. The van der Waals surface area contributed by atoms with Crippen LogP contribution in [0.5, 0.6) is 0 Å². The molecule has 24 heavy (non-hydrogen) atoms. The minimum atomic E-state index is 0.0254. The minimum absolute atomic E-state index is 0.0254. The molecular formula is C18H23N5O. The van der Waals surface area contributed by atoms with Crippen LogP contribution in [0.1, 0.15) is 16.8 Å². The van der Waals surface area contributed by atoms with E-state index in [4.69, 9.17) is 4.98 Å². The van der Waals surface area contributed by atoms with Crippen molar-refractivity contribution in [3.8, 4) is 0 Å². The van der Waals surface area contributed by atoms with E-state index in [1.165, 1.54) is 11.3 Å². The lowest BCUT2D eigenvalue weighted by molar-refractivity contribution is 0.603. The average molecular weight is 325 g/mol. The molecule has 6 heteroatoms. The lowest BCUT2D eigenvalue weighted by Gasteiger charge is -2.36. The zero-order chi connectivity index (χ0) is 16.5. The summed E-state index contributed by atoms with van der Waals surface area (Å²) in [5, 5.41) is 3.29. The van der Waals surface area contributed by atoms with Crippen LogP contribution in [0.4, 0.5) is 11.6 Å². The first kappa shape index (κ1) is 15.2.